The van der Waals surface area contributed by atoms with Gasteiger partial charge in [-0.1, -0.05) is 11.8 Å². The zero-order chi connectivity index (χ0) is 11.5. The van der Waals surface area contributed by atoms with Gasteiger partial charge in [0.25, 0.3) is 0 Å². The van der Waals surface area contributed by atoms with E-state index in [9.17, 15) is 4.79 Å². The molecule has 1 atom stereocenters. The molecule has 2 N–H and O–H groups in total. The van der Waals surface area contributed by atoms with Crippen LogP contribution in [0.5, 0.6) is 0 Å². The lowest BCUT2D eigenvalue weighted by Gasteiger charge is -2.29. The molecule has 84 valence electrons. The number of rotatable bonds is 3. The highest BCUT2D eigenvalue weighted by Crippen LogP contribution is 2.33. The van der Waals surface area contributed by atoms with Crippen molar-refractivity contribution in [2.45, 2.75) is 19.0 Å². The van der Waals surface area contributed by atoms with Gasteiger partial charge in [0.2, 0.25) is 5.91 Å². The van der Waals surface area contributed by atoms with E-state index in [4.69, 9.17) is 11.0 Å². The monoisotopic (exact) mass is 236 g/mol. The van der Waals surface area contributed by atoms with Gasteiger partial charge in [-0.15, -0.1) is 0 Å². The molecule has 0 aromatic carbocycles. The lowest BCUT2D eigenvalue weighted by molar-refractivity contribution is -0.115. The SMILES string of the molecule is N#CC1=C(SCC(N)=O)N2CCC[C@@H]2N=C1. The summed E-state index contributed by atoms with van der Waals surface area (Å²) in [6.45, 7) is 0.897. The molecule has 0 saturated carbocycles. The highest BCUT2D eigenvalue weighted by molar-refractivity contribution is 8.03. The molecule has 6 heteroatoms. The highest BCUT2D eigenvalue weighted by atomic mass is 32.2. The first-order chi connectivity index (χ1) is 7.72. The van der Waals surface area contributed by atoms with Crippen LogP contribution in [0.15, 0.2) is 15.6 Å². The first kappa shape index (κ1) is 11.0. The molecule has 0 aromatic rings. The van der Waals surface area contributed by atoms with Crippen LogP contribution in [0.2, 0.25) is 0 Å². The summed E-state index contributed by atoms with van der Waals surface area (Å²) >= 11 is 1.33. The third-order valence-electron chi connectivity index (χ3n) is 2.56. The fourth-order valence-electron chi connectivity index (χ4n) is 1.89. The van der Waals surface area contributed by atoms with Crippen molar-refractivity contribution in [2.24, 2.45) is 10.7 Å². The Bertz CT molecular complexity index is 410. The van der Waals surface area contributed by atoms with E-state index in [0.717, 1.165) is 24.4 Å². The van der Waals surface area contributed by atoms with Crippen molar-refractivity contribution in [1.82, 2.24) is 4.90 Å². The van der Waals surface area contributed by atoms with E-state index < -0.39 is 0 Å². The largest absolute Gasteiger partial charge is 0.369 e. The molecular weight excluding hydrogens is 224 g/mol. The van der Waals surface area contributed by atoms with Crippen LogP contribution in [0.25, 0.3) is 0 Å². The second-order valence-corrected chi connectivity index (χ2v) is 4.64. The van der Waals surface area contributed by atoms with Gasteiger partial charge in [-0.25, -0.2) is 0 Å². The molecule has 2 rings (SSSR count). The minimum absolute atomic E-state index is 0.146. The van der Waals surface area contributed by atoms with Gasteiger partial charge < -0.3 is 10.6 Å². The fourth-order valence-corrected chi connectivity index (χ4v) is 2.80. The molecule has 1 amide bonds. The van der Waals surface area contributed by atoms with Gasteiger partial charge in [-0.2, -0.15) is 5.26 Å². The normalized spacial score (nSPS) is 23.2. The third-order valence-corrected chi connectivity index (χ3v) is 3.72. The van der Waals surface area contributed by atoms with Gasteiger partial charge >= 0.3 is 0 Å². The van der Waals surface area contributed by atoms with Crippen molar-refractivity contribution < 1.29 is 4.79 Å². The number of allylic oxidation sites excluding steroid dienone is 1. The number of nitrogens with two attached hydrogens (primary N) is 1. The Hall–Kier alpha value is -1.48. The molecule has 0 radical (unpaired) electrons. The predicted molar refractivity (Wildman–Crippen MR) is 62.5 cm³/mol. The summed E-state index contributed by atoms with van der Waals surface area (Å²) in [6, 6.07) is 2.11. The molecule has 0 aliphatic carbocycles. The first-order valence-electron chi connectivity index (χ1n) is 5.07. The standard InChI is InChI=1S/C10H12N4OS/c11-4-7-5-13-9-2-1-3-14(9)10(7)16-6-8(12)15/h5,9H,1-3,6H2,(H2,12,15)/t9-/m1/s1. The molecule has 0 spiro atoms. The molecule has 0 unspecified atom stereocenters. The van der Waals surface area contributed by atoms with Crippen LogP contribution in [0.1, 0.15) is 12.8 Å². The van der Waals surface area contributed by atoms with Crippen molar-refractivity contribution in [3.8, 4) is 6.07 Å². The smallest absolute Gasteiger partial charge is 0.227 e. The molecule has 2 aliphatic heterocycles. The maximum atomic E-state index is 10.8. The number of thioether (sulfide) groups is 1. The van der Waals surface area contributed by atoms with E-state index in [1.165, 1.54) is 11.8 Å². The molecule has 1 saturated heterocycles. The van der Waals surface area contributed by atoms with Gasteiger partial charge in [0.15, 0.2) is 0 Å². The zero-order valence-corrected chi connectivity index (χ0v) is 9.54. The molecule has 0 bridgehead atoms. The number of nitrogens with zero attached hydrogens (tertiary/aromatic N) is 3. The summed E-state index contributed by atoms with van der Waals surface area (Å²) in [6.07, 6.45) is 3.83. The van der Waals surface area contributed by atoms with E-state index in [1.807, 2.05) is 0 Å². The van der Waals surface area contributed by atoms with Crippen LogP contribution in [0.3, 0.4) is 0 Å². The van der Waals surface area contributed by atoms with Gasteiger partial charge in [-0.05, 0) is 12.8 Å². The van der Waals surface area contributed by atoms with Crippen molar-refractivity contribution >= 4 is 23.9 Å². The molecule has 0 aromatic heterocycles. The maximum Gasteiger partial charge on any atom is 0.227 e. The summed E-state index contributed by atoms with van der Waals surface area (Å²) < 4.78 is 0. The maximum absolute atomic E-state index is 10.8. The van der Waals surface area contributed by atoms with Crippen LogP contribution in [0.4, 0.5) is 0 Å². The van der Waals surface area contributed by atoms with E-state index in [-0.39, 0.29) is 17.8 Å². The Kier molecular flexibility index (Phi) is 3.15. The quantitative estimate of drug-likeness (QED) is 0.771. The van der Waals surface area contributed by atoms with E-state index in [1.54, 1.807) is 6.21 Å². The second-order valence-electron chi connectivity index (χ2n) is 3.68. The summed E-state index contributed by atoms with van der Waals surface area (Å²) in [5, 5.41) is 9.84. The summed E-state index contributed by atoms with van der Waals surface area (Å²) in [7, 11) is 0. The van der Waals surface area contributed by atoms with Crippen molar-refractivity contribution in [1.29, 1.82) is 5.26 Å². The van der Waals surface area contributed by atoms with Crippen LogP contribution in [-0.4, -0.2) is 35.5 Å². The van der Waals surface area contributed by atoms with E-state index in [2.05, 4.69) is 16.0 Å². The molecule has 16 heavy (non-hydrogen) atoms. The number of carbonyl (C=O) groups excluding carboxylic acids is 1. The lowest BCUT2D eigenvalue weighted by atomic mass is 10.3. The minimum Gasteiger partial charge on any atom is -0.369 e. The average molecular weight is 236 g/mol. The lowest BCUT2D eigenvalue weighted by Crippen LogP contribution is -2.31. The summed E-state index contributed by atoms with van der Waals surface area (Å²) in [5.74, 6) is -0.162. The number of hydrogen-bond donors (Lipinski definition) is 1. The minimum atomic E-state index is -0.368. The predicted octanol–water partition coefficient (Wildman–Crippen LogP) is 0.446. The number of aliphatic imine (C=N–C) groups is 1. The topological polar surface area (TPSA) is 82.5 Å². The Labute approximate surface area is 98.0 Å². The Balaban J connectivity index is 2.20. The van der Waals surface area contributed by atoms with Gasteiger partial charge in [0.05, 0.1) is 16.4 Å². The Morgan fingerprint density at radius 2 is 2.62 bits per heavy atom. The van der Waals surface area contributed by atoms with Crippen molar-refractivity contribution in [3.63, 3.8) is 0 Å². The second kappa shape index (κ2) is 4.58. The molecule has 5 nitrogen and oxygen atoms in total. The number of amides is 1. The molecule has 2 heterocycles. The van der Waals surface area contributed by atoms with Crippen molar-refractivity contribution in [2.75, 3.05) is 12.3 Å². The molecular formula is C10H12N4OS. The van der Waals surface area contributed by atoms with E-state index >= 15 is 0 Å². The number of fused-ring (bicyclic) bond motifs is 1. The van der Waals surface area contributed by atoms with Crippen LogP contribution >= 0.6 is 11.8 Å². The van der Waals surface area contributed by atoms with Gasteiger partial charge in [-0.3, -0.25) is 9.79 Å². The average Bonchev–Trinajstić information content (AvgIpc) is 2.73. The fraction of sp³-hybridized carbons (Fsp3) is 0.500. The molecule has 2 aliphatic rings. The number of primary amides is 1. The van der Waals surface area contributed by atoms with Crippen LogP contribution < -0.4 is 5.73 Å². The van der Waals surface area contributed by atoms with Gasteiger partial charge in [0, 0.05) is 12.8 Å². The van der Waals surface area contributed by atoms with Gasteiger partial charge in [0.1, 0.15) is 12.2 Å². The number of nitriles is 1. The van der Waals surface area contributed by atoms with E-state index in [0.29, 0.717) is 5.57 Å². The molecule has 1 fully saturated rings. The number of hydrogen-bond acceptors (Lipinski definition) is 5. The van der Waals surface area contributed by atoms with Crippen LogP contribution in [0, 0.1) is 11.3 Å². The summed E-state index contributed by atoms with van der Waals surface area (Å²) in [4.78, 5) is 17.2. The third kappa shape index (κ3) is 2.04. The summed E-state index contributed by atoms with van der Waals surface area (Å²) in [5.41, 5.74) is 5.65. The number of carbonyl (C=O) groups is 1. The first-order valence-corrected chi connectivity index (χ1v) is 6.06. The Morgan fingerprint density at radius 3 is 3.31 bits per heavy atom. The highest BCUT2D eigenvalue weighted by Gasteiger charge is 2.30. The van der Waals surface area contributed by atoms with Crippen molar-refractivity contribution in [3.05, 3.63) is 10.6 Å². The Morgan fingerprint density at radius 1 is 1.81 bits per heavy atom. The zero-order valence-electron chi connectivity index (χ0n) is 8.72. The van der Waals surface area contributed by atoms with Crippen LogP contribution in [-0.2, 0) is 4.79 Å².